The van der Waals surface area contributed by atoms with Gasteiger partial charge < -0.3 is 14.2 Å². The molecular weight excluding hydrogens is 381 g/mol. The summed E-state index contributed by atoms with van der Waals surface area (Å²) in [5.74, 6) is -0.0288. The van der Waals surface area contributed by atoms with Crippen molar-refractivity contribution in [3.8, 4) is 10.8 Å². The van der Waals surface area contributed by atoms with Crippen molar-refractivity contribution in [1.82, 2.24) is 14.8 Å². The Hall–Kier alpha value is -3.00. The quantitative estimate of drug-likeness (QED) is 0.677. The highest BCUT2D eigenvalue weighted by atomic mass is 32.1. The van der Waals surface area contributed by atoms with E-state index >= 15 is 0 Å². The Balaban J connectivity index is 1.42. The van der Waals surface area contributed by atoms with E-state index in [0.717, 1.165) is 4.88 Å². The second kappa shape index (κ2) is 7.55. The third kappa shape index (κ3) is 3.55. The first kappa shape index (κ1) is 18.4. The van der Waals surface area contributed by atoms with Crippen LogP contribution >= 0.6 is 11.3 Å². The zero-order chi connectivity index (χ0) is 19.7. The lowest BCUT2D eigenvalue weighted by atomic mass is 10.1. The van der Waals surface area contributed by atoms with Gasteiger partial charge in [-0.2, -0.15) is 0 Å². The summed E-state index contributed by atoms with van der Waals surface area (Å²) in [6.45, 7) is 3.58. The van der Waals surface area contributed by atoms with E-state index in [4.69, 9.17) is 4.42 Å². The number of halogens is 1. The first-order chi connectivity index (χ1) is 13.5. The normalized spacial score (nSPS) is 14.4. The van der Waals surface area contributed by atoms with Crippen LogP contribution in [-0.2, 0) is 0 Å². The van der Waals surface area contributed by atoms with E-state index in [2.05, 4.69) is 4.98 Å². The van der Waals surface area contributed by atoms with Crippen molar-refractivity contribution < 1.29 is 18.4 Å². The summed E-state index contributed by atoms with van der Waals surface area (Å²) in [7, 11) is 0. The van der Waals surface area contributed by atoms with Gasteiger partial charge in [-0.3, -0.25) is 9.59 Å². The molecule has 0 radical (unpaired) electrons. The van der Waals surface area contributed by atoms with Crippen LogP contribution in [0.1, 0.15) is 25.7 Å². The molecule has 3 aromatic rings. The molecule has 3 heterocycles. The van der Waals surface area contributed by atoms with E-state index in [1.807, 2.05) is 13.0 Å². The van der Waals surface area contributed by atoms with Gasteiger partial charge in [0.25, 0.3) is 11.8 Å². The number of thiazole rings is 1. The number of carbonyl (C=O) groups excluding carboxylic acids is 2. The van der Waals surface area contributed by atoms with Crippen molar-refractivity contribution in [1.29, 1.82) is 0 Å². The van der Waals surface area contributed by atoms with Gasteiger partial charge in [0.1, 0.15) is 11.5 Å². The lowest BCUT2D eigenvalue weighted by Crippen LogP contribution is -2.50. The van der Waals surface area contributed by atoms with Crippen molar-refractivity contribution >= 4 is 23.2 Å². The molecule has 2 aromatic heterocycles. The first-order valence-corrected chi connectivity index (χ1v) is 9.70. The summed E-state index contributed by atoms with van der Waals surface area (Å²) >= 11 is 1.42. The van der Waals surface area contributed by atoms with Gasteiger partial charge in [-0.05, 0) is 43.3 Å². The highest BCUT2D eigenvalue weighted by Gasteiger charge is 2.28. The van der Waals surface area contributed by atoms with Gasteiger partial charge in [-0.1, -0.05) is 0 Å². The van der Waals surface area contributed by atoms with Crippen LogP contribution in [0.5, 0.6) is 0 Å². The number of furan rings is 1. The number of benzene rings is 1. The van der Waals surface area contributed by atoms with Crippen molar-refractivity contribution in [2.24, 2.45) is 0 Å². The summed E-state index contributed by atoms with van der Waals surface area (Å²) in [6, 6.07) is 9.09. The number of amides is 2. The van der Waals surface area contributed by atoms with Gasteiger partial charge in [0, 0.05) is 36.6 Å². The topological polar surface area (TPSA) is 66.7 Å². The molecule has 1 aliphatic heterocycles. The lowest BCUT2D eigenvalue weighted by Gasteiger charge is -2.34. The third-order valence-electron chi connectivity index (χ3n) is 4.68. The molecule has 0 N–H and O–H groups in total. The fourth-order valence-electron chi connectivity index (χ4n) is 3.14. The molecule has 28 heavy (non-hydrogen) atoms. The Labute approximate surface area is 165 Å². The lowest BCUT2D eigenvalue weighted by molar-refractivity contribution is 0.0532. The van der Waals surface area contributed by atoms with Gasteiger partial charge in [0.15, 0.2) is 10.8 Å². The van der Waals surface area contributed by atoms with E-state index in [9.17, 15) is 14.0 Å². The highest BCUT2D eigenvalue weighted by molar-refractivity contribution is 7.15. The molecule has 6 nitrogen and oxygen atoms in total. The molecule has 0 aliphatic carbocycles. The number of carbonyl (C=O) groups is 2. The zero-order valence-electron chi connectivity index (χ0n) is 15.2. The van der Waals surface area contributed by atoms with E-state index in [0.29, 0.717) is 48.2 Å². The molecule has 1 saturated heterocycles. The second-order valence-corrected chi connectivity index (χ2v) is 7.70. The molecule has 0 bridgehead atoms. The molecule has 0 unspecified atom stereocenters. The average Bonchev–Trinajstić information content (AvgIpc) is 3.37. The number of rotatable bonds is 3. The van der Waals surface area contributed by atoms with Gasteiger partial charge in [0.05, 0.1) is 6.26 Å². The Bertz CT molecular complexity index is 990. The van der Waals surface area contributed by atoms with Gasteiger partial charge >= 0.3 is 0 Å². The predicted octanol–water partition coefficient (Wildman–Crippen LogP) is 3.45. The molecule has 1 aromatic carbocycles. The summed E-state index contributed by atoms with van der Waals surface area (Å²) in [5, 5.41) is 0.677. The number of nitrogens with zero attached hydrogens (tertiary/aromatic N) is 3. The van der Waals surface area contributed by atoms with E-state index < -0.39 is 0 Å². The molecule has 0 saturated carbocycles. The van der Waals surface area contributed by atoms with Gasteiger partial charge in [0.2, 0.25) is 0 Å². The molecule has 0 atom stereocenters. The Morgan fingerprint density at radius 2 is 1.68 bits per heavy atom. The standard InChI is InChI=1S/C20H18FN3O3S/c1-13-17(22-18(28-13)16-3-2-12-27-16)20(26)24-10-8-23(9-11-24)19(25)14-4-6-15(21)7-5-14/h2-7,12H,8-11H2,1H3. The maximum atomic E-state index is 13.0. The maximum Gasteiger partial charge on any atom is 0.273 e. The van der Waals surface area contributed by atoms with Crippen LogP contribution in [0.2, 0.25) is 0 Å². The molecule has 0 spiro atoms. The van der Waals surface area contributed by atoms with Crippen LogP contribution in [0, 0.1) is 12.7 Å². The fourth-order valence-corrected chi connectivity index (χ4v) is 4.01. The monoisotopic (exact) mass is 399 g/mol. The highest BCUT2D eigenvalue weighted by Crippen LogP contribution is 2.28. The summed E-state index contributed by atoms with van der Waals surface area (Å²) in [5.41, 5.74) is 0.870. The van der Waals surface area contributed by atoms with Gasteiger partial charge in [-0.25, -0.2) is 9.37 Å². The zero-order valence-corrected chi connectivity index (χ0v) is 16.0. The van der Waals surface area contributed by atoms with Crippen LogP contribution in [0.25, 0.3) is 10.8 Å². The molecular formula is C20H18FN3O3S. The molecule has 1 aliphatic rings. The van der Waals surface area contributed by atoms with Crippen molar-refractivity contribution in [2.75, 3.05) is 26.2 Å². The van der Waals surface area contributed by atoms with E-state index in [1.165, 1.54) is 35.6 Å². The van der Waals surface area contributed by atoms with Crippen LogP contribution < -0.4 is 0 Å². The number of aromatic nitrogens is 1. The largest absolute Gasteiger partial charge is 0.462 e. The minimum atomic E-state index is -0.375. The Morgan fingerprint density at radius 3 is 2.29 bits per heavy atom. The third-order valence-corrected chi connectivity index (χ3v) is 5.66. The van der Waals surface area contributed by atoms with Gasteiger partial charge in [-0.15, -0.1) is 11.3 Å². The molecule has 8 heteroatoms. The minimum Gasteiger partial charge on any atom is -0.462 e. The van der Waals surface area contributed by atoms with Crippen molar-refractivity contribution in [2.45, 2.75) is 6.92 Å². The smallest absolute Gasteiger partial charge is 0.273 e. The SMILES string of the molecule is Cc1sc(-c2ccco2)nc1C(=O)N1CCN(C(=O)c2ccc(F)cc2)CC1. The number of hydrogen-bond donors (Lipinski definition) is 0. The Kier molecular flexibility index (Phi) is 4.95. The van der Waals surface area contributed by atoms with Crippen LogP contribution in [0.4, 0.5) is 4.39 Å². The van der Waals surface area contributed by atoms with Crippen LogP contribution in [0.15, 0.2) is 47.1 Å². The van der Waals surface area contributed by atoms with Crippen molar-refractivity contribution in [3.63, 3.8) is 0 Å². The predicted molar refractivity (Wildman–Crippen MR) is 103 cm³/mol. The average molecular weight is 399 g/mol. The molecule has 144 valence electrons. The summed E-state index contributed by atoms with van der Waals surface area (Å²) in [4.78, 5) is 34.1. The molecule has 2 amide bonds. The number of hydrogen-bond acceptors (Lipinski definition) is 5. The van der Waals surface area contributed by atoms with Crippen molar-refractivity contribution in [3.05, 3.63) is 64.6 Å². The van der Waals surface area contributed by atoms with E-state index in [1.54, 1.807) is 22.1 Å². The van der Waals surface area contributed by atoms with E-state index in [-0.39, 0.29) is 17.6 Å². The molecule has 1 fully saturated rings. The first-order valence-electron chi connectivity index (χ1n) is 8.88. The van der Waals surface area contributed by atoms with Crippen LogP contribution in [0.3, 0.4) is 0 Å². The molecule has 4 rings (SSSR count). The Morgan fingerprint density at radius 1 is 1.04 bits per heavy atom. The summed E-state index contributed by atoms with van der Waals surface area (Å²) < 4.78 is 18.4. The summed E-state index contributed by atoms with van der Waals surface area (Å²) in [6.07, 6.45) is 1.57. The fraction of sp³-hybridized carbons (Fsp3) is 0.250. The number of aryl methyl sites for hydroxylation is 1. The second-order valence-electron chi connectivity index (χ2n) is 6.49. The minimum absolute atomic E-state index is 0.138. The maximum absolute atomic E-state index is 13.0. The number of piperazine rings is 1. The van der Waals surface area contributed by atoms with Crippen LogP contribution in [-0.4, -0.2) is 52.8 Å².